The molecular formula is C21H33N3O9. The average Bonchev–Trinajstić information content (AvgIpc) is 3.08. The molecule has 12 nitrogen and oxygen atoms in total. The van der Waals surface area contributed by atoms with Crippen LogP contribution in [0.5, 0.6) is 0 Å². The molecule has 0 radical (unpaired) electrons. The number of aliphatic hydroxyl groups excluding tert-OH is 1. The fraction of sp³-hybridized carbons (Fsp3) is 0.714. The Balaban J connectivity index is 2.45. The highest BCUT2D eigenvalue weighted by Gasteiger charge is 2.51. The number of ether oxygens (including phenoxy) is 4. The third-order valence-electron chi connectivity index (χ3n) is 4.96. The van der Waals surface area contributed by atoms with E-state index in [2.05, 4.69) is 4.98 Å². The van der Waals surface area contributed by atoms with Crippen LogP contribution in [-0.4, -0.2) is 63.0 Å². The van der Waals surface area contributed by atoms with Gasteiger partial charge in [0.1, 0.15) is 18.8 Å². The predicted octanol–water partition coefficient (Wildman–Crippen LogP) is 1.07. The van der Waals surface area contributed by atoms with Crippen molar-refractivity contribution in [1.29, 1.82) is 0 Å². The standard InChI is InChI=1S/C21H33N3O9/c1-10(2)18(25)30-9-13-15(32-19(26)11(3)4)16(33-20(27)12(5)6)17(31-13)24-8-7-14(23-29)22-21(24)28/h7-8,10-13,15-17,19,26,29H,9H2,1-6H3,(H,22,23,28)/t13-,15-,16-,17-,19?/m1/s1. The van der Waals surface area contributed by atoms with Gasteiger partial charge in [-0.3, -0.25) is 24.8 Å². The monoisotopic (exact) mass is 471 g/mol. The highest BCUT2D eigenvalue weighted by atomic mass is 16.7. The van der Waals surface area contributed by atoms with Crippen LogP contribution >= 0.6 is 0 Å². The molecule has 0 bridgehead atoms. The number of esters is 2. The second-order valence-electron chi connectivity index (χ2n) is 8.76. The van der Waals surface area contributed by atoms with E-state index in [0.29, 0.717) is 0 Å². The number of aliphatic hydroxyl groups is 1. The summed E-state index contributed by atoms with van der Waals surface area (Å²) in [6.07, 6.45) is -4.31. The molecule has 1 aromatic rings. The number of aromatic nitrogens is 2. The van der Waals surface area contributed by atoms with Crippen molar-refractivity contribution in [3.63, 3.8) is 0 Å². The maximum atomic E-state index is 12.6. The summed E-state index contributed by atoms with van der Waals surface area (Å²) in [5.74, 6) is -2.31. The molecular weight excluding hydrogens is 438 g/mol. The number of hydrogen-bond donors (Lipinski definition) is 3. The second kappa shape index (κ2) is 11.5. The molecule has 0 aromatic carbocycles. The van der Waals surface area contributed by atoms with Gasteiger partial charge in [-0.2, -0.15) is 4.98 Å². The zero-order chi connectivity index (χ0) is 24.9. The Morgan fingerprint density at radius 2 is 1.79 bits per heavy atom. The minimum Gasteiger partial charge on any atom is -0.463 e. The van der Waals surface area contributed by atoms with Crippen molar-refractivity contribution in [2.45, 2.75) is 72.4 Å². The van der Waals surface area contributed by atoms with E-state index < -0.39 is 54.4 Å². The first kappa shape index (κ1) is 26.7. The lowest BCUT2D eigenvalue weighted by molar-refractivity contribution is -0.200. The number of rotatable bonds is 10. The van der Waals surface area contributed by atoms with Crippen LogP contribution in [0.25, 0.3) is 0 Å². The summed E-state index contributed by atoms with van der Waals surface area (Å²) in [6.45, 7) is 9.84. The summed E-state index contributed by atoms with van der Waals surface area (Å²) in [5.41, 5.74) is 0.979. The van der Waals surface area contributed by atoms with Crippen molar-refractivity contribution in [2.24, 2.45) is 17.8 Å². The minimum absolute atomic E-state index is 0.0876. The number of carbonyl (C=O) groups is 2. The quantitative estimate of drug-likeness (QED) is 0.254. The normalized spacial score (nSPS) is 23.7. The lowest BCUT2D eigenvalue weighted by Crippen LogP contribution is -2.44. The van der Waals surface area contributed by atoms with Crippen molar-refractivity contribution in [3.8, 4) is 0 Å². The van der Waals surface area contributed by atoms with Crippen LogP contribution in [-0.2, 0) is 28.5 Å². The van der Waals surface area contributed by atoms with Crippen LogP contribution in [0.15, 0.2) is 17.1 Å². The Morgan fingerprint density at radius 3 is 2.30 bits per heavy atom. The van der Waals surface area contributed by atoms with E-state index in [-0.39, 0.29) is 24.3 Å². The van der Waals surface area contributed by atoms with E-state index in [0.717, 1.165) is 4.57 Å². The van der Waals surface area contributed by atoms with Gasteiger partial charge in [-0.1, -0.05) is 41.5 Å². The van der Waals surface area contributed by atoms with Crippen LogP contribution in [0.3, 0.4) is 0 Å². The van der Waals surface area contributed by atoms with E-state index >= 15 is 0 Å². The highest BCUT2D eigenvalue weighted by Crippen LogP contribution is 2.35. The summed E-state index contributed by atoms with van der Waals surface area (Å²) >= 11 is 0. The molecule has 33 heavy (non-hydrogen) atoms. The molecule has 2 rings (SSSR count). The third-order valence-corrected chi connectivity index (χ3v) is 4.96. The largest absolute Gasteiger partial charge is 0.463 e. The topological polar surface area (TPSA) is 158 Å². The van der Waals surface area contributed by atoms with Gasteiger partial charge in [-0.15, -0.1) is 0 Å². The Morgan fingerprint density at radius 1 is 1.15 bits per heavy atom. The highest BCUT2D eigenvalue weighted by molar-refractivity contribution is 5.72. The van der Waals surface area contributed by atoms with Gasteiger partial charge in [0.2, 0.25) is 0 Å². The Hall–Kier alpha value is -2.54. The Bertz CT molecular complexity index is 871. The van der Waals surface area contributed by atoms with Crippen molar-refractivity contribution in [1.82, 2.24) is 9.55 Å². The lowest BCUT2D eigenvalue weighted by Gasteiger charge is -2.28. The van der Waals surface area contributed by atoms with Gasteiger partial charge in [0, 0.05) is 12.1 Å². The molecule has 12 heteroatoms. The molecule has 1 aromatic heterocycles. The SMILES string of the molecule is CC(C)C(=O)OC[C@H]1O[C@@H](n2ccc(NO)nc2=O)[C@H](OC(=O)C(C)C)[C@@H]1OC(O)C(C)C. The van der Waals surface area contributed by atoms with Crippen LogP contribution in [0.2, 0.25) is 0 Å². The fourth-order valence-electron chi connectivity index (χ4n) is 2.94. The van der Waals surface area contributed by atoms with Gasteiger partial charge >= 0.3 is 17.6 Å². The average molecular weight is 472 g/mol. The molecule has 3 N–H and O–H groups in total. The number of anilines is 1. The zero-order valence-corrected chi connectivity index (χ0v) is 19.6. The molecule has 1 unspecified atom stereocenters. The molecule has 0 saturated carbocycles. The molecule has 2 heterocycles. The molecule has 1 saturated heterocycles. The van der Waals surface area contributed by atoms with E-state index in [1.54, 1.807) is 47.0 Å². The minimum atomic E-state index is -1.24. The van der Waals surface area contributed by atoms with Gasteiger partial charge in [0.25, 0.3) is 0 Å². The van der Waals surface area contributed by atoms with Gasteiger partial charge in [-0.25, -0.2) is 4.79 Å². The molecule has 1 aliphatic rings. The summed E-state index contributed by atoms with van der Waals surface area (Å²) < 4.78 is 23.8. The molecule has 0 amide bonds. The van der Waals surface area contributed by atoms with Crippen LogP contribution in [0, 0.1) is 17.8 Å². The molecule has 0 aliphatic carbocycles. The molecule has 0 spiro atoms. The number of nitrogens with zero attached hydrogens (tertiary/aromatic N) is 2. The maximum absolute atomic E-state index is 12.6. The van der Waals surface area contributed by atoms with E-state index in [9.17, 15) is 19.5 Å². The molecule has 1 fully saturated rings. The first-order valence-corrected chi connectivity index (χ1v) is 10.8. The fourth-order valence-corrected chi connectivity index (χ4v) is 2.94. The summed E-state index contributed by atoms with van der Waals surface area (Å²) in [7, 11) is 0. The summed E-state index contributed by atoms with van der Waals surface area (Å²) in [5, 5.41) is 19.4. The lowest BCUT2D eigenvalue weighted by atomic mass is 10.1. The Kier molecular flexibility index (Phi) is 9.35. The van der Waals surface area contributed by atoms with Gasteiger partial charge in [-0.05, 0) is 6.07 Å². The van der Waals surface area contributed by atoms with Crippen LogP contribution in [0.4, 0.5) is 5.82 Å². The van der Waals surface area contributed by atoms with E-state index in [1.165, 1.54) is 12.3 Å². The van der Waals surface area contributed by atoms with Crippen molar-refractivity contribution in [2.75, 3.05) is 12.1 Å². The van der Waals surface area contributed by atoms with Gasteiger partial charge < -0.3 is 24.1 Å². The predicted molar refractivity (Wildman–Crippen MR) is 114 cm³/mol. The van der Waals surface area contributed by atoms with Crippen molar-refractivity contribution >= 4 is 17.8 Å². The Labute approximate surface area is 191 Å². The van der Waals surface area contributed by atoms with E-state index in [1.807, 2.05) is 0 Å². The number of nitrogens with one attached hydrogen (secondary N) is 1. The summed E-state index contributed by atoms with van der Waals surface area (Å²) in [4.78, 5) is 40.7. The maximum Gasteiger partial charge on any atom is 0.351 e. The first-order valence-electron chi connectivity index (χ1n) is 10.8. The van der Waals surface area contributed by atoms with Crippen molar-refractivity contribution < 1.29 is 38.9 Å². The first-order chi connectivity index (χ1) is 15.5. The summed E-state index contributed by atoms with van der Waals surface area (Å²) in [6, 6.07) is 1.32. The molecule has 1 aliphatic heterocycles. The van der Waals surface area contributed by atoms with Gasteiger partial charge in [0.05, 0.1) is 11.8 Å². The molecule has 186 valence electrons. The van der Waals surface area contributed by atoms with Gasteiger partial charge in [0.15, 0.2) is 24.4 Å². The molecule has 5 atom stereocenters. The van der Waals surface area contributed by atoms with E-state index in [4.69, 9.17) is 24.2 Å². The van der Waals surface area contributed by atoms with Crippen molar-refractivity contribution in [3.05, 3.63) is 22.7 Å². The smallest absolute Gasteiger partial charge is 0.351 e. The van der Waals surface area contributed by atoms with Crippen LogP contribution in [0.1, 0.15) is 47.8 Å². The van der Waals surface area contributed by atoms with Crippen LogP contribution < -0.4 is 11.2 Å². The number of hydrogen-bond acceptors (Lipinski definition) is 11. The number of carbonyl (C=O) groups excluding carboxylic acids is 2. The second-order valence-corrected chi connectivity index (χ2v) is 8.76. The third kappa shape index (κ3) is 6.73. The zero-order valence-electron chi connectivity index (χ0n) is 19.6.